The average Bonchev–Trinajstić information content (AvgIpc) is 2.74. The molecular weight excluding hydrogens is 475 g/mol. The third kappa shape index (κ3) is 2.12. The first kappa shape index (κ1) is 12.6. The summed E-state index contributed by atoms with van der Waals surface area (Å²) in [7, 11) is 0. The SMILES string of the molecule is Clc1ccc(-n2nnc3cccc(I)c32)c(I)c1. The Morgan fingerprint density at radius 1 is 1.06 bits per heavy atom. The van der Waals surface area contributed by atoms with Gasteiger partial charge in [-0.3, -0.25) is 0 Å². The van der Waals surface area contributed by atoms with E-state index in [9.17, 15) is 0 Å². The number of para-hydroxylation sites is 1. The highest BCUT2D eigenvalue weighted by Gasteiger charge is 2.11. The second-order valence-corrected chi connectivity index (χ2v) is 6.47. The van der Waals surface area contributed by atoms with Gasteiger partial charge in [0.2, 0.25) is 0 Å². The zero-order valence-corrected chi connectivity index (χ0v) is 14.0. The van der Waals surface area contributed by atoms with E-state index in [1.807, 2.05) is 41.1 Å². The van der Waals surface area contributed by atoms with Crippen LogP contribution in [0.4, 0.5) is 0 Å². The average molecular weight is 481 g/mol. The van der Waals surface area contributed by atoms with Crippen molar-refractivity contribution in [1.29, 1.82) is 0 Å². The zero-order valence-electron chi connectivity index (χ0n) is 8.94. The summed E-state index contributed by atoms with van der Waals surface area (Å²) >= 11 is 10.5. The van der Waals surface area contributed by atoms with Gasteiger partial charge in [0.1, 0.15) is 11.0 Å². The molecule has 3 rings (SSSR count). The lowest BCUT2D eigenvalue weighted by Crippen LogP contribution is -2.00. The first-order chi connectivity index (χ1) is 8.66. The first-order valence-electron chi connectivity index (χ1n) is 5.12. The Labute approximate surface area is 136 Å². The van der Waals surface area contributed by atoms with Crippen LogP contribution in [-0.4, -0.2) is 15.0 Å². The number of rotatable bonds is 1. The Morgan fingerprint density at radius 2 is 1.89 bits per heavy atom. The topological polar surface area (TPSA) is 30.7 Å². The van der Waals surface area contributed by atoms with E-state index >= 15 is 0 Å². The molecule has 0 aliphatic rings. The van der Waals surface area contributed by atoms with Crippen LogP contribution in [0.2, 0.25) is 5.02 Å². The van der Waals surface area contributed by atoms with E-state index in [1.54, 1.807) is 0 Å². The predicted molar refractivity (Wildman–Crippen MR) is 89.3 cm³/mol. The molecule has 0 atom stereocenters. The van der Waals surface area contributed by atoms with Gasteiger partial charge in [0.25, 0.3) is 0 Å². The molecule has 0 N–H and O–H groups in total. The molecule has 1 heterocycles. The summed E-state index contributed by atoms with van der Waals surface area (Å²) in [6.07, 6.45) is 0. The van der Waals surface area contributed by atoms with Crippen LogP contribution in [0.25, 0.3) is 16.7 Å². The molecule has 0 bridgehead atoms. The third-order valence-corrected chi connectivity index (χ3v) is 4.53. The Hall–Kier alpha value is -0.410. The van der Waals surface area contributed by atoms with Gasteiger partial charge in [0, 0.05) is 12.2 Å². The summed E-state index contributed by atoms with van der Waals surface area (Å²) < 4.78 is 4.03. The van der Waals surface area contributed by atoms with Crippen molar-refractivity contribution in [2.75, 3.05) is 0 Å². The van der Waals surface area contributed by atoms with Gasteiger partial charge in [-0.05, 0) is 75.5 Å². The van der Waals surface area contributed by atoms with Crippen molar-refractivity contribution >= 4 is 67.8 Å². The van der Waals surface area contributed by atoms with Gasteiger partial charge in [-0.15, -0.1) is 5.10 Å². The highest BCUT2D eigenvalue weighted by molar-refractivity contribution is 14.1. The number of hydrogen-bond donors (Lipinski definition) is 0. The quantitative estimate of drug-likeness (QED) is 0.486. The summed E-state index contributed by atoms with van der Waals surface area (Å²) in [5.41, 5.74) is 2.91. The van der Waals surface area contributed by atoms with Gasteiger partial charge in [-0.1, -0.05) is 22.9 Å². The van der Waals surface area contributed by atoms with Crippen LogP contribution < -0.4 is 0 Å². The lowest BCUT2D eigenvalue weighted by atomic mass is 10.3. The first-order valence-corrected chi connectivity index (χ1v) is 7.66. The fraction of sp³-hybridized carbons (Fsp3) is 0. The number of fused-ring (bicyclic) bond motifs is 1. The Kier molecular flexibility index (Phi) is 3.46. The molecule has 0 saturated carbocycles. The zero-order chi connectivity index (χ0) is 12.7. The van der Waals surface area contributed by atoms with Crippen LogP contribution >= 0.6 is 56.8 Å². The smallest absolute Gasteiger partial charge is 0.114 e. The standard InChI is InChI=1S/C12H6ClI2N3/c13-7-4-5-11(9(15)6-7)18-12-8(14)2-1-3-10(12)16-17-18/h1-6H. The van der Waals surface area contributed by atoms with Crippen LogP contribution in [0.1, 0.15) is 0 Å². The molecule has 0 aliphatic carbocycles. The molecule has 0 unspecified atom stereocenters. The largest absolute Gasteiger partial charge is 0.211 e. The van der Waals surface area contributed by atoms with Crippen molar-refractivity contribution in [1.82, 2.24) is 15.0 Å². The maximum Gasteiger partial charge on any atom is 0.114 e. The molecule has 90 valence electrons. The van der Waals surface area contributed by atoms with Crippen molar-refractivity contribution < 1.29 is 0 Å². The van der Waals surface area contributed by atoms with E-state index in [-0.39, 0.29) is 0 Å². The van der Waals surface area contributed by atoms with Crippen LogP contribution in [0.3, 0.4) is 0 Å². The van der Waals surface area contributed by atoms with Crippen LogP contribution in [0, 0.1) is 7.14 Å². The minimum atomic E-state index is 0.724. The van der Waals surface area contributed by atoms with Crippen molar-refractivity contribution in [3.63, 3.8) is 0 Å². The van der Waals surface area contributed by atoms with Gasteiger partial charge in [-0.2, -0.15) is 0 Å². The highest BCUT2D eigenvalue weighted by atomic mass is 127. The Balaban J connectivity index is 2.32. The molecular formula is C12H6ClI2N3. The fourth-order valence-corrected chi connectivity index (χ4v) is 3.57. The van der Waals surface area contributed by atoms with E-state index < -0.39 is 0 Å². The van der Waals surface area contributed by atoms with Crippen LogP contribution in [0.15, 0.2) is 36.4 Å². The second kappa shape index (κ2) is 4.93. The maximum absolute atomic E-state index is 5.98. The molecule has 0 fully saturated rings. The predicted octanol–water partition coefficient (Wildman–Crippen LogP) is 4.28. The fourth-order valence-electron chi connectivity index (χ4n) is 1.75. The summed E-state index contributed by atoms with van der Waals surface area (Å²) in [4.78, 5) is 0. The number of benzene rings is 2. The maximum atomic E-state index is 5.98. The molecule has 1 aromatic heterocycles. The number of aromatic nitrogens is 3. The lowest BCUT2D eigenvalue weighted by Gasteiger charge is -2.06. The number of nitrogens with zero attached hydrogens (tertiary/aromatic N) is 3. The molecule has 0 spiro atoms. The van der Waals surface area contributed by atoms with Crippen LogP contribution in [-0.2, 0) is 0 Å². The highest BCUT2D eigenvalue weighted by Crippen LogP contribution is 2.26. The minimum Gasteiger partial charge on any atom is -0.211 e. The van der Waals surface area contributed by atoms with E-state index in [0.717, 1.165) is 28.9 Å². The minimum absolute atomic E-state index is 0.724. The lowest BCUT2D eigenvalue weighted by molar-refractivity contribution is 0.820. The van der Waals surface area contributed by atoms with Gasteiger partial charge in [0.05, 0.1) is 5.69 Å². The van der Waals surface area contributed by atoms with Gasteiger partial charge >= 0.3 is 0 Å². The summed E-state index contributed by atoms with van der Waals surface area (Å²) in [5, 5.41) is 9.15. The Bertz CT molecular complexity index is 739. The van der Waals surface area contributed by atoms with Gasteiger partial charge < -0.3 is 0 Å². The molecule has 18 heavy (non-hydrogen) atoms. The Morgan fingerprint density at radius 3 is 2.67 bits per heavy atom. The second-order valence-electron chi connectivity index (χ2n) is 3.70. The molecule has 0 radical (unpaired) electrons. The van der Waals surface area contributed by atoms with E-state index in [0.29, 0.717) is 0 Å². The molecule has 0 saturated heterocycles. The number of hydrogen-bond acceptors (Lipinski definition) is 2. The molecule has 6 heteroatoms. The van der Waals surface area contributed by atoms with Crippen LogP contribution in [0.5, 0.6) is 0 Å². The summed E-state index contributed by atoms with van der Waals surface area (Å²) in [6, 6.07) is 11.7. The summed E-state index contributed by atoms with van der Waals surface area (Å²) in [6.45, 7) is 0. The molecule has 3 nitrogen and oxygen atoms in total. The normalized spacial score (nSPS) is 11.1. The van der Waals surface area contributed by atoms with E-state index in [2.05, 4.69) is 55.5 Å². The molecule has 3 aromatic rings. The van der Waals surface area contributed by atoms with E-state index in [4.69, 9.17) is 11.6 Å². The van der Waals surface area contributed by atoms with Gasteiger partial charge in [-0.25, -0.2) is 4.68 Å². The monoisotopic (exact) mass is 481 g/mol. The van der Waals surface area contributed by atoms with Crippen molar-refractivity contribution in [3.05, 3.63) is 48.6 Å². The van der Waals surface area contributed by atoms with Crippen molar-refractivity contribution in [3.8, 4) is 5.69 Å². The van der Waals surface area contributed by atoms with E-state index in [1.165, 1.54) is 0 Å². The number of halogens is 3. The third-order valence-electron chi connectivity index (χ3n) is 2.56. The summed E-state index contributed by atoms with van der Waals surface area (Å²) in [5.74, 6) is 0. The van der Waals surface area contributed by atoms with Gasteiger partial charge in [0.15, 0.2) is 0 Å². The molecule has 2 aromatic carbocycles. The molecule has 0 aliphatic heterocycles. The van der Waals surface area contributed by atoms with Crippen molar-refractivity contribution in [2.45, 2.75) is 0 Å². The van der Waals surface area contributed by atoms with Crippen molar-refractivity contribution in [2.24, 2.45) is 0 Å². The molecule has 0 amide bonds.